The molecule has 1 fully saturated rings. The van der Waals surface area contributed by atoms with Crippen LogP contribution < -0.4 is 0 Å². The maximum Gasteiger partial charge on any atom is 0.310 e. The fraction of sp³-hybridized carbons (Fsp3) is 0.727. The van der Waals surface area contributed by atoms with Crippen molar-refractivity contribution in [2.75, 3.05) is 41.7 Å². The average molecular weight is 456 g/mol. The number of hydrogen-bond donors (Lipinski definition) is 0. The van der Waals surface area contributed by atoms with E-state index in [1.54, 1.807) is 26.0 Å². The molecule has 3 rings (SSSR count). The second-order valence-electron chi connectivity index (χ2n) is 8.09. The summed E-state index contributed by atoms with van der Waals surface area (Å²) in [6, 6.07) is 0. The van der Waals surface area contributed by atoms with Gasteiger partial charge in [-0.05, 0) is 13.8 Å². The summed E-state index contributed by atoms with van der Waals surface area (Å²) in [6.45, 7) is 3.63. The zero-order chi connectivity index (χ0) is 24.0. The largest absolute Gasteiger partial charge is 0.469 e. The van der Waals surface area contributed by atoms with Crippen LogP contribution in [0.25, 0.3) is 0 Å². The molecule has 3 aliphatic carbocycles. The van der Waals surface area contributed by atoms with Gasteiger partial charge in [0.15, 0.2) is 0 Å². The molecule has 0 heterocycles. The third kappa shape index (κ3) is 5.29. The fourth-order valence-corrected chi connectivity index (χ4v) is 4.72. The molecule has 6 atom stereocenters. The third-order valence-electron chi connectivity index (χ3n) is 5.92. The smallest absolute Gasteiger partial charge is 0.310 e. The summed E-state index contributed by atoms with van der Waals surface area (Å²) in [4.78, 5) is 51.7. The number of fused-ring (bicyclic) bond motifs is 2. The predicted molar refractivity (Wildman–Crippen MR) is 109 cm³/mol. The molecule has 0 saturated heterocycles. The summed E-state index contributed by atoms with van der Waals surface area (Å²) in [5.74, 6) is -8.39. The van der Waals surface area contributed by atoms with E-state index < -0.39 is 71.6 Å². The lowest BCUT2D eigenvalue weighted by molar-refractivity contribution is -0.188. The van der Waals surface area contributed by atoms with E-state index >= 15 is 0 Å². The Morgan fingerprint density at radius 2 is 0.938 bits per heavy atom. The second-order valence-corrected chi connectivity index (χ2v) is 8.09. The molecule has 0 spiro atoms. The van der Waals surface area contributed by atoms with E-state index in [1.165, 1.54) is 28.4 Å². The van der Waals surface area contributed by atoms with Gasteiger partial charge in [0.25, 0.3) is 0 Å². The van der Waals surface area contributed by atoms with Gasteiger partial charge in [0.2, 0.25) is 0 Å². The minimum atomic E-state index is -1.03. The van der Waals surface area contributed by atoms with Gasteiger partial charge in [-0.1, -0.05) is 12.2 Å². The van der Waals surface area contributed by atoms with Crippen molar-refractivity contribution in [1.82, 2.24) is 0 Å². The zero-order valence-corrected chi connectivity index (χ0v) is 19.3. The lowest BCUT2D eigenvalue weighted by Crippen LogP contribution is -2.58. The quantitative estimate of drug-likeness (QED) is 0.264. The number of carbonyl (C=O) groups excluding carboxylic acids is 4. The van der Waals surface area contributed by atoms with Crippen molar-refractivity contribution in [1.29, 1.82) is 0 Å². The van der Waals surface area contributed by atoms with Crippen LogP contribution in [0.2, 0.25) is 0 Å². The van der Waals surface area contributed by atoms with Gasteiger partial charge in [0, 0.05) is 26.1 Å². The highest BCUT2D eigenvalue weighted by Gasteiger charge is 2.62. The van der Waals surface area contributed by atoms with E-state index in [1.807, 2.05) is 0 Å². The van der Waals surface area contributed by atoms with Gasteiger partial charge in [-0.15, -0.1) is 0 Å². The van der Waals surface area contributed by atoms with Crippen LogP contribution in [0.15, 0.2) is 12.2 Å². The Hall–Kier alpha value is -2.46. The molecule has 3 aliphatic rings. The molecule has 2 bridgehead atoms. The first-order valence-corrected chi connectivity index (χ1v) is 10.4. The molecule has 0 aromatic rings. The summed E-state index contributed by atoms with van der Waals surface area (Å²) < 4.78 is 30.9. The fourth-order valence-electron chi connectivity index (χ4n) is 4.72. The standard InChI is InChI=1S/C22H32O10/c1-11(9-27-3)31-21(25)17-14-8-7-13(15(17)19(23)29-5)16(20(24)30-6)18(14)22(26)32-12(2)10-28-4/h7-8,11-18H,9-10H2,1-6H3. The van der Waals surface area contributed by atoms with Crippen molar-refractivity contribution in [2.24, 2.45) is 35.5 Å². The average Bonchev–Trinajstić information content (AvgIpc) is 2.77. The summed E-state index contributed by atoms with van der Waals surface area (Å²) in [7, 11) is 5.35. The van der Waals surface area contributed by atoms with Crippen LogP contribution in [0.4, 0.5) is 0 Å². The van der Waals surface area contributed by atoms with E-state index in [0.717, 1.165) is 0 Å². The summed E-state index contributed by atoms with van der Waals surface area (Å²) in [6.07, 6.45) is 2.19. The van der Waals surface area contributed by atoms with Gasteiger partial charge in [-0.3, -0.25) is 19.2 Å². The lowest BCUT2D eigenvalue weighted by atomic mass is 9.53. The van der Waals surface area contributed by atoms with Crippen LogP contribution in [-0.2, 0) is 47.6 Å². The Morgan fingerprint density at radius 1 is 0.625 bits per heavy atom. The van der Waals surface area contributed by atoms with Crippen LogP contribution in [0.5, 0.6) is 0 Å². The van der Waals surface area contributed by atoms with Crippen molar-refractivity contribution in [3.63, 3.8) is 0 Å². The number of ether oxygens (including phenoxy) is 6. The minimum Gasteiger partial charge on any atom is -0.469 e. The Kier molecular flexibility index (Phi) is 9.21. The highest BCUT2D eigenvalue weighted by molar-refractivity contribution is 5.90. The van der Waals surface area contributed by atoms with Gasteiger partial charge < -0.3 is 28.4 Å². The van der Waals surface area contributed by atoms with Crippen molar-refractivity contribution in [2.45, 2.75) is 26.1 Å². The number of carbonyl (C=O) groups is 4. The highest BCUT2D eigenvalue weighted by Crippen LogP contribution is 2.53. The Bertz CT molecular complexity index is 678. The van der Waals surface area contributed by atoms with Crippen molar-refractivity contribution in [3.8, 4) is 0 Å². The Balaban J connectivity index is 2.46. The van der Waals surface area contributed by atoms with Crippen LogP contribution in [0.1, 0.15) is 13.8 Å². The minimum absolute atomic E-state index is 0.163. The van der Waals surface area contributed by atoms with Crippen LogP contribution in [-0.4, -0.2) is 77.7 Å². The summed E-state index contributed by atoms with van der Waals surface area (Å²) >= 11 is 0. The van der Waals surface area contributed by atoms with Gasteiger partial charge >= 0.3 is 23.9 Å². The topological polar surface area (TPSA) is 124 Å². The summed E-state index contributed by atoms with van der Waals surface area (Å²) in [5.41, 5.74) is 0. The maximum absolute atomic E-state index is 13.1. The van der Waals surface area contributed by atoms with Gasteiger partial charge in [0.05, 0.1) is 51.1 Å². The molecule has 0 radical (unpaired) electrons. The van der Waals surface area contributed by atoms with Crippen molar-refractivity contribution in [3.05, 3.63) is 12.2 Å². The van der Waals surface area contributed by atoms with E-state index in [4.69, 9.17) is 28.4 Å². The van der Waals surface area contributed by atoms with Crippen molar-refractivity contribution >= 4 is 23.9 Å². The van der Waals surface area contributed by atoms with Crippen LogP contribution in [0, 0.1) is 35.5 Å². The Labute approximate surface area is 187 Å². The highest BCUT2D eigenvalue weighted by atomic mass is 16.6. The van der Waals surface area contributed by atoms with Gasteiger partial charge in [-0.25, -0.2) is 0 Å². The molecule has 32 heavy (non-hydrogen) atoms. The zero-order valence-electron chi connectivity index (χ0n) is 19.3. The maximum atomic E-state index is 13.1. The molecule has 6 unspecified atom stereocenters. The number of hydrogen-bond acceptors (Lipinski definition) is 10. The number of methoxy groups -OCH3 is 4. The van der Waals surface area contributed by atoms with E-state index in [0.29, 0.717) is 0 Å². The van der Waals surface area contributed by atoms with E-state index in [-0.39, 0.29) is 13.2 Å². The first-order valence-electron chi connectivity index (χ1n) is 10.4. The Morgan fingerprint density at radius 3 is 1.22 bits per heavy atom. The molecule has 0 aromatic carbocycles. The summed E-state index contributed by atoms with van der Waals surface area (Å²) in [5, 5.41) is 0. The molecular formula is C22H32O10. The second kappa shape index (κ2) is 11.4. The van der Waals surface area contributed by atoms with Gasteiger partial charge in [0.1, 0.15) is 12.2 Å². The molecule has 180 valence electrons. The number of esters is 4. The monoisotopic (exact) mass is 456 g/mol. The SMILES string of the molecule is COCC(C)OC(=O)C1C2C=CC(C1C(=O)OC)C(C(=O)OC)C2C(=O)OC(C)COC. The van der Waals surface area contributed by atoms with Crippen LogP contribution >= 0.6 is 0 Å². The first-order chi connectivity index (χ1) is 15.2. The molecule has 1 saturated carbocycles. The number of rotatable bonds is 10. The predicted octanol–water partition coefficient (Wildman–Crippen LogP) is 0.769. The van der Waals surface area contributed by atoms with Gasteiger partial charge in [-0.2, -0.15) is 0 Å². The molecule has 10 heteroatoms. The molecule has 0 N–H and O–H groups in total. The molecule has 10 nitrogen and oxygen atoms in total. The molecule has 0 amide bonds. The normalized spacial score (nSPS) is 30.2. The van der Waals surface area contributed by atoms with Crippen molar-refractivity contribution < 1.29 is 47.6 Å². The van der Waals surface area contributed by atoms with E-state index in [2.05, 4.69) is 0 Å². The first kappa shape index (κ1) is 25.8. The molecule has 0 aliphatic heterocycles. The number of allylic oxidation sites excluding steroid dienone is 2. The molecular weight excluding hydrogens is 424 g/mol. The molecule has 0 aromatic heterocycles. The lowest BCUT2D eigenvalue weighted by Gasteiger charge is -2.49. The van der Waals surface area contributed by atoms with E-state index in [9.17, 15) is 19.2 Å². The van der Waals surface area contributed by atoms with Crippen LogP contribution in [0.3, 0.4) is 0 Å². The third-order valence-corrected chi connectivity index (χ3v) is 5.92.